The average Bonchev–Trinajstić information content (AvgIpc) is 2.76. The first-order chi connectivity index (χ1) is 14.8. The van der Waals surface area contributed by atoms with Gasteiger partial charge >= 0.3 is 0 Å². The van der Waals surface area contributed by atoms with E-state index in [0.717, 1.165) is 19.6 Å². The van der Waals surface area contributed by atoms with Crippen molar-refractivity contribution in [1.29, 1.82) is 0 Å². The molecule has 0 atom stereocenters. The van der Waals surface area contributed by atoms with E-state index in [1.54, 1.807) is 49.3 Å². The molecule has 2 aromatic rings. The lowest BCUT2D eigenvalue weighted by molar-refractivity contribution is -0.384. The number of anilines is 2. The Bertz CT molecular complexity index is 924. The van der Waals surface area contributed by atoms with Crippen molar-refractivity contribution < 1.29 is 14.5 Å². The van der Waals surface area contributed by atoms with Crippen LogP contribution in [0.3, 0.4) is 0 Å². The third kappa shape index (κ3) is 6.51. The number of carbonyl (C=O) groups is 2. The summed E-state index contributed by atoms with van der Waals surface area (Å²) >= 11 is 0. The largest absolute Gasteiger partial charge is 0.372 e. The van der Waals surface area contributed by atoms with Crippen molar-refractivity contribution in [3.63, 3.8) is 0 Å². The number of nitro groups is 1. The molecule has 0 aromatic heterocycles. The highest BCUT2D eigenvalue weighted by Crippen LogP contribution is 2.28. The van der Waals surface area contributed by atoms with Crippen molar-refractivity contribution in [1.82, 2.24) is 10.2 Å². The smallest absolute Gasteiger partial charge is 0.293 e. The molecule has 0 aliphatic heterocycles. The number of nitro benzene ring substituents is 1. The van der Waals surface area contributed by atoms with E-state index >= 15 is 0 Å². The third-order valence-corrected chi connectivity index (χ3v) is 4.93. The molecule has 2 aromatic carbocycles. The van der Waals surface area contributed by atoms with Crippen molar-refractivity contribution in [2.24, 2.45) is 0 Å². The predicted octanol–water partition coefficient (Wildman–Crippen LogP) is 2.98. The highest BCUT2D eigenvalue weighted by Gasteiger charge is 2.19. The fourth-order valence-electron chi connectivity index (χ4n) is 3.07. The van der Waals surface area contributed by atoms with Gasteiger partial charge in [0.2, 0.25) is 0 Å². The van der Waals surface area contributed by atoms with E-state index < -0.39 is 10.8 Å². The average molecular weight is 428 g/mol. The zero-order valence-corrected chi connectivity index (χ0v) is 18.3. The number of benzene rings is 2. The van der Waals surface area contributed by atoms with Crippen molar-refractivity contribution in [2.45, 2.75) is 13.8 Å². The molecule has 0 radical (unpaired) electrons. The van der Waals surface area contributed by atoms with E-state index in [1.165, 1.54) is 12.1 Å². The summed E-state index contributed by atoms with van der Waals surface area (Å²) in [6.45, 7) is 7.36. The molecule has 31 heavy (non-hydrogen) atoms. The molecular formula is C22H29N5O4. The first-order valence-corrected chi connectivity index (χ1v) is 10.1. The molecule has 166 valence electrons. The number of likely N-dealkylation sites (N-methyl/N-ethyl adjacent to an activating group) is 1. The predicted molar refractivity (Wildman–Crippen MR) is 122 cm³/mol. The van der Waals surface area contributed by atoms with Gasteiger partial charge in [-0.3, -0.25) is 19.7 Å². The highest BCUT2D eigenvalue weighted by atomic mass is 16.6. The van der Waals surface area contributed by atoms with Gasteiger partial charge in [-0.25, -0.2) is 0 Å². The maximum absolute atomic E-state index is 12.5. The maximum atomic E-state index is 12.5. The summed E-state index contributed by atoms with van der Waals surface area (Å²) in [5.74, 6) is -0.648. The zero-order valence-electron chi connectivity index (χ0n) is 18.3. The topological polar surface area (TPSA) is 108 Å². The van der Waals surface area contributed by atoms with Gasteiger partial charge in [0.15, 0.2) is 0 Å². The fourth-order valence-corrected chi connectivity index (χ4v) is 3.07. The summed E-state index contributed by atoms with van der Waals surface area (Å²) < 4.78 is 0. The van der Waals surface area contributed by atoms with Crippen molar-refractivity contribution >= 4 is 28.9 Å². The van der Waals surface area contributed by atoms with Gasteiger partial charge in [-0.15, -0.1) is 0 Å². The SMILES string of the molecule is CCN(CC)CCNC(=O)c1ccc(NC(=O)c2ccc(N(C)C)c([N+](=O)[O-])c2)cc1. The van der Waals surface area contributed by atoms with Gasteiger partial charge in [0.1, 0.15) is 5.69 Å². The Kier molecular flexibility index (Phi) is 8.51. The van der Waals surface area contributed by atoms with E-state index in [9.17, 15) is 19.7 Å². The molecule has 2 amide bonds. The first-order valence-electron chi connectivity index (χ1n) is 10.1. The van der Waals surface area contributed by atoms with Crippen LogP contribution >= 0.6 is 0 Å². The maximum Gasteiger partial charge on any atom is 0.293 e. The lowest BCUT2D eigenvalue weighted by atomic mass is 10.1. The van der Waals surface area contributed by atoms with Crippen LogP contribution in [0.5, 0.6) is 0 Å². The van der Waals surface area contributed by atoms with Crippen LogP contribution in [-0.2, 0) is 0 Å². The van der Waals surface area contributed by atoms with E-state index in [0.29, 0.717) is 23.5 Å². The molecule has 0 heterocycles. The number of carbonyl (C=O) groups excluding carboxylic acids is 2. The molecule has 0 saturated carbocycles. The molecule has 0 fully saturated rings. The number of nitrogens with zero attached hydrogens (tertiary/aromatic N) is 3. The van der Waals surface area contributed by atoms with Crippen molar-refractivity contribution in [2.75, 3.05) is 50.5 Å². The quantitative estimate of drug-likeness (QED) is 0.446. The van der Waals surface area contributed by atoms with Crippen LogP contribution in [0, 0.1) is 10.1 Å². The summed E-state index contributed by atoms with van der Waals surface area (Å²) in [6, 6.07) is 10.8. The van der Waals surface area contributed by atoms with E-state index in [1.807, 2.05) is 0 Å². The Morgan fingerprint density at radius 1 is 0.968 bits per heavy atom. The Balaban J connectivity index is 2.01. The lowest BCUT2D eigenvalue weighted by Crippen LogP contribution is -2.34. The number of hydrogen-bond donors (Lipinski definition) is 2. The monoisotopic (exact) mass is 427 g/mol. The standard InChI is InChI=1S/C22H29N5O4/c1-5-26(6-2)14-13-23-21(28)16-7-10-18(11-8-16)24-22(29)17-9-12-19(25(3)4)20(15-17)27(30)31/h7-12,15H,5-6,13-14H2,1-4H3,(H,23,28)(H,24,29). The lowest BCUT2D eigenvalue weighted by Gasteiger charge is -2.18. The number of amides is 2. The highest BCUT2D eigenvalue weighted by molar-refractivity contribution is 6.05. The molecule has 0 aliphatic rings. The van der Waals surface area contributed by atoms with E-state index in [-0.39, 0.29) is 17.2 Å². The summed E-state index contributed by atoms with van der Waals surface area (Å²) in [5, 5.41) is 16.9. The van der Waals surface area contributed by atoms with Gasteiger partial charge in [-0.2, -0.15) is 0 Å². The summed E-state index contributed by atoms with van der Waals surface area (Å²) in [4.78, 5) is 39.4. The van der Waals surface area contributed by atoms with Crippen LogP contribution in [0.1, 0.15) is 34.6 Å². The van der Waals surface area contributed by atoms with E-state index in [4.69, 9.17) is 0 Å². The minimum Gasteiger partial charge on any atom is -0.372 e. The molecule has 0 aliphatic carbocycles. The summed E-state index contributed by atoms with van der Waals surface area (Å²) in [6.07, 6.45) is 0. The summed E-state index contributed by atoms with van der Waals surface area (Å²) in [5.41, 5.74) is 1.43. The Labute approximate surface area is 182 Å². The van der Waals surface area contributed by atoms with Crippen molar-refractivity contribution in [3.05, 3.63) is 63.7 Å². The van der Waals surface area contributed by atoms with Gasteiger partial charge in [0, 0.05) is 50.1 Å². The molecular weight excluding hydrogens is 398 g/mol. The van der Waals surface area contributed by atoms with Crippen molar-refractivity contribution in [3.8, 4) is 0 Å². The normalized spacial score (nSPS) is 10.6. The molecule has 2 rings (SSSR count). The minimum absolute atomic E-state index is 0.144. The Morgan fingerprint density at radius 3 is 2.13 bits per heavy atom. The van der Waals surface area contributed by atoms with Gasteiger partial charge in [-0.05, 0) is 49.5 Å². The van der Waals surface area contributed by atoms with Crippen LogP contribution in [0.25, 0.3) is 0 Å². The molecule has 0 bridgehead atoms. The van der Waals surface area contributed by atoms with Gasteiger partial charge in [-0.1, -0.05) is 13.8 Å². The van der Waals surface area contributed by atoms with Gasteiger partial charge < -0.3 is 20.4 Å². The van der Waals surface area contributed by atoms with Crippen LogP contribution in [0.15, 0.2) is 42.5 Å². The van der Waals surface area contributed by atoms with Crippen LogP contribution in [-0.4, -0.2) is 61.9 Å². The van der Waals surface area contributed by atoms with E-state index in [2.05, 4.69) is 29.4 Å². The van der Waals surface area contributed by atoms with Gasteiger partial charge in [0.25, 0.3) is 17.5 Å². The van der Waals surface area contributed by atoms with Gasteiger partial charge in [0.05, 0.1) is 4.92 Å². The fraction of sp³-hybridized carbons (Fsp3) is 0.364. The second-order valence-electron chi connectivity index (χ2n) is 7.17. The second kappa shape index (κ2) is 11.1. The Hall–Kier alpha value is -3.46. The number of hydrogen-bond acceptors (Lipinski definition) is 6. The minimum atomic E-state index is -0.514. The zero-order chi connectivity index (χ0) is 23.0. The molecule has 2 N–H and O–H groups in total. The third-order valence-electron chi connectivity index (χ3n) is 4.93. The van der Waals surface area contributed by atoms with Crippen LogP contribution in [0.2, 0.25) is 0 Å². The first kappa shape index (κ1) is 23.8. The second-order valence-corrected chi connectivity index (χ2v) is 7.17. The van der Waals surface area contributed by atoms with Crippen LogP contribution in [0.4, 0.5) is 17.1 Å². The molecule has 9 heteroatoms. The van der Waals surface area contributed by atoms with Crippen LogP contribution < -0.4 is 15.5 Å². The molecule has 0 saturated heterocycles. The molecule has 0 spiro atoms. The summed E-state index contributed by atoms with van der Waals surface area (Å²) in [7, 11) is 3.40. The number of rotatable bonds is 10. The number of nitrogens with one attached hydrogen (secondary N) is 2. The molecule has 9 nitrogen and oxygen atoms in total. The molecule has 0 unspecified atom stereocenters. The Morgan fingerprint density at radius 2 is 1.58 bits per heavy atom.